The minimum atomic E-state index is -0.154. The van der Waals surface area contributed by atoms with Crippen LogP contribution in [0.5, 0.6) is 0 Å². The van der Waals surface area contributed by atoms with Crippen LogP contribution in [0.25, 0.3) is 0 Å². The summed E-state index contributed by atoms with van der Waals surface area (Å²) in [6.07, 6.45) is 0.453. The molecule has 0 aliphatic heterocycles. The van der Waals surface area contributed by atoms with Gasteiger partial charge in [0.2, 0.25) is 0 Å². The molecule has 1 aromatic carbocycles. The van der Waals surface area contributed by atoms with Crippen LogP contribution >= 0.6 is 11.8 Å². The first-order valence-corrected chi connectivity index (χ1v) is 6.18. The van der Waals surface area contributed by atoms with E-state index >= 15 is 0 Å². The highest BCUT2D eigenvalue weighted by Gasteiger charge is 2.04. The Hall–Kier alpha value is -1.00. The van der Waals surface area contributed by atoms with Crippen molar-refractivity contribution < 1.29 is 9.53 Å². The Morgan fingerprint density at radius 2 is 2.19 bits per heavy atom. The molecular formula is C12H17NO2S. The van der Waals surface area contributed by atoms with Gasteiger partial charge in [-0.2, -0.15) is 0 Å². The van der Waals surface area contributed by atoms with Crippen LogP contribution in [-0.4, -0.2) is 25.9 Å². The molecule has 1 aromatic rings. The third kappa shape index (κ3) is 4.24. The highest BCUT2D eigenvalue weighted by Crippen LogP contribution is 2.23. The monoisotopic (exact) mass is 239 g/mol. The van der Waals surface area contributed by atoms with Gasteiger partial charge >= 0.3 is 5.97 Å². The number of ether oxygens (including phenoxy) is 1. The first-order chi connectivity index (χ1) is 7.77. The van der Waals surface area contributed by atoms with E-state index in [2.05, 4.69) is 22.2 Å². The second-order valence-electron chi connectivity index (χ2n) is 3.31. The summed E-state index contributed by atoms with van der Waals surface area (Å²) < 4.78 is 4.60. The zero-order chi connectivity index (χ0) is 11.8. The fourth-order valence-corrected chi connectivity index (χ4v) is 2.32. The number of hydrogen-bond donors (Lipinski definition) is 1. The molecule has 4 heteroatoms. The summed E-state index contributed by atoms with van der Waals surface area (Å²) in [5.74, 6) is 0.603. The maximum atomic E-state index is 11.0. The number of nitrogens with one attached hydrogen (secondary N) is 1. The summed E-state index contributed by atoms with van der Waals surface area (Å²) in [5.41, 5.74) is 1.26. The quantitative estimate of drug-likeness (QED) is 0.609. The van der Waals surface area contributed by atoms with Gasteiger partial charge in [-0.05, 0) is 18.7 Å². The van der Waals surface area contributed by atoms with Crippen LogP contribution in [0.15, 0.2) is 29.2 Å². The van der Waals surface area contributed by atoms with Crippen LogP contribution in [0.1, 0.15) is 12.0 Å². The molecule has 0 amide bonds. The van der Waals surface area contributed by atoms with E-state index in [1.54, 1.807) is 11.8 Å². The lowest BCUT2D eigenvalue weighted by Gasteiger charge is -2.07. The van der Waals surface area contributed by atoms with E-state index in [-0.39, 0.29) is 5.97 Å². The van der Waals surface area contributed by atoms with Gasteiger partial charge in [-0.25, -0.2) is 0 Å². The van der Waals surface area contributed by atoms with E-state index < -0.39 is 0 Å². The first kappa shape index (κ1) is 13.1. The van der Waals surface area contributed by atoms with E-state index in [1.165, 1.54) is 17.6 Å². The molecule has 0 aliphatic carbocycles. The summed E-state index contributed by atoms with van der Waals surface area (Å²) in [6, 6.07) is 8.21. The van der Waals surface area contributed by atoms with Crippen molar-refractivity contribution in [3.63, 3.8) is 0 Å². The Balaban J connectivity index is 2.49. The highest BCUT2D eigenvalue weighted by atomic mass is 32.2. The lowest BCUT2D eigenvalue weighted by Crippen LogP contribution is -2.06. The van der Waals surface area contributed by atoms with Crippen LogP contribution in [0, 0.1) is 0 Å². The molecule has 1 rings (SSSR count). The lowest BCUT2D eigenvalue weighted by molar-refractivity contribution is -0.140. The second kappa shape index (κ2) is 7.30. The van der Waals surface area contributed by atoms with Gasteiger partial charge in [0.05, 0.1) is 13.5 Å². The minimum absolute atomic E-state index is 0.154. The van der Waals surface area contributed by atoms with Gasteiger partial charge in [-0.3, -0.25) is 4.79 Å². The number of hydrogen-bond acceptors (Lipinski definition) is 4. The topological polar surface area (TPSA) is 38.3 Å². The fraction of sp³-hybridized carbons (Fsp3) is 0.417. The number of carbonyl (C=O) groups is 1. The van der Waals surface area contributed by atoms with Crippen molar-refractivity contribution in [3.05, 3.63) is 29.8 Å². The predicted molar refractivity (Wildman–Crippen MR) is 66.6 cm³/mol. The number of benzene rings is 1. The molecule has 0 fully saturated rings. The zero-order valence-electron chi connectivity index (χ0n) is 9.66. The summed E-state index contributed by atoms with van der Waals surface area (Å²) in [4.78, 5) is 12.2. The summed E-state index contributed by atoms with van der Waals surface area (Å²) >= 11 is 1.69. The smallest absolute Gasteiger partial charge is 0.306 e. The van der Waals surface area contributed by atoms with Gasteiger partial charge < -0.3 is 10.1 Å². The molecule has 88 valence electrons. The van der Waals surface area contributed by atoms with E-state index in [0.717, 1.165) is 12.3 Å². The van der Waals surface area contributed by atoms with Gasteiger partial charge in [-0.15, -0.1) is 11.8 Å². The molecule has 0 spiro atoms. The molecular weight excluding hydrogens is 222 g/mol. The Kier molecular flexibility index (Phi) is 5.96. The molecule has 0 unspecified atom stereocenters. The normalized spacial score (nSPS) is 10.1. The third-order valence-corrected chi connectivity index (χ3v) is 3.25. The van der Waals surface area contributed by atoms with Gasteiger partial charge in [0.15, 0.2) is 0 Å². The molecule has 0 aliphatic rings. The SMILES string of the molecule is CNCc1ccccc1SCCC(=O)OC. The van der Waals surface area contributed by atoms with Crippen LogP contribution < -0.4 is 5.32 Å². The Bertz CT molecular complexity index is 342. The van der Waals surface area contributed by atoms with E-state index in [9.17, 15) is 4.79 Å². The van der Waals surface area contributed by atoms with Gasteiger partial charge in [0.1, 0.15) is 0 Å². The second-order valence-corrected chi connectivity index (χ2v) is 4.45. The lowest BCUT2D eigenvalue weighted by atomic mass is 10.2. The minimum Gasteiger partial charge on any atom is -0.469 e. The molecule has 0 radical (unpaired) electrons. The van der Waals surface area contributed by atoms with Crippen molar-refractivity contribution in [1.29, 1.82) is 0 Å². The number of thioether (sulfide) groups is 1. The molecule has 0 bridgehead atoms. The molecule has 0 heterocycles. The predicted octanol–water partition coefficient (Wildman–Crippen LogP) is 2.06. The summed E-state index contributed by atoms with van der Waals surface area (Å²) in [5, 5.41) is 3.13. The molecule has 1 N–H and O–H groups in total. The molecule has 0 saturated heterocycles. The molecule has 3 nitrogen and oxygen atoms in total. The van der Waals surface area contributed by atoms with Gasteiger partial charge in [-0.1, -0.05) is 18.2 Å². The van der Waals surface area contributed by atoms with Gasteiger partial charge in [0, 0.05) is 17.2 Å². The van der Waals surface area contributed by atoms with Crippen molar-refractivity contribution in [3.8, 4) is 0 Å². The zero-order valence-corrected chi connectivity index (χ0v) is 10.5. The largest absolute Gasteiger partial charge is 0.469 e. The van der Waals surface area contributed by atoms with Crippen LogP contribution in [-0.2, 0) is 16.1 Å². The van der Waals surface area contributed by atoms with Crippen molar-refractivity contribution in [2.75, 3.05) is 19.9 Å². The fourth-order valence-electron chi connectivity index (χ4n) is 1.33. The highest BCUT2D eigenvalue weighted by molar-refractivity contribution is 7.99. The van der Waals surface area contributed by atoms with Crippen molar-refractivity contribution in [2.45, 2.75) is 17.9 Å². The number of esters is 1. The standard InChI is InChI=1S/C12H17NO2S/c1-13-9-10-5-3-4-6-11(10)16-8-7-12(14)15-2/h3-6,13H,7-9H2,1-2H3. The Morgan fingerprint density at radius 3 is 2.88 bits per heavy atom. The molecule has 0 saturated carbocycles. The maximum Gasteiger partial charge on any atom is 0.306 e. The number of carbonyl (C=O) groups excluding carboxylic acids is 1. The average Bonchev–Trinajstić information content (AvgIpc) is 2.31. The van der Waals surface area contributed by atoms with Crippen molar-refractivity contribution in [2.24, 2.45) is 0 Å². The van der Waals surface area contributed by atoms with E-state index in [1.807, 2.05) is 19.2 Å². The summed E-state index contributed by atoms with van der Waals surface area (Å²) in [6.45, 7) is 0.849. The number of methoxy groups -OCH3 is 1. The van der Waals surface area contributed by atoms with Crippen LogP contribution in [0.3, 0.4) is 0 Å². The van der Waals surface area contributed by atoms with Crippen molar-refractivity contribution in [1.82, 2.24) is 5.32 Å². The Morgan fingerprint density at radius 1 is 1.44 bits per heavy atom. The van der Waals surface area contributed by atoms with E-state index in [0.29, 0.717) is 6.42 Å². The third-order valence-electron chi connectivity index (χ3n) is 2.13. The van der Waals surface area contributed by atoms with E-state index in [4.69, 9.17) is 0 Å². The van der Waals surface area contributed by atoms with Gasteiger partial charge in [0.25, 0.3) is 0 Å². The maximum absolute atomic E-state index is 11.0. The van der Waals surface area contributed by atoms with Crippen LogP contribution in [0.4, 0.5) is 0 Å². The van der Waals surface area contributed by atoms with Crippen molar-refractivity contribution >= 4 is 17.7 Å². The van der Waals surface area contributed by atoms with Crippen LogP contribution in [0.2, 0.25) is 0 Å². The molecule has 0 atom stereocenters. The first-order valence-electron chi connectivity index (χ1n) is 5.20. The number of rotatable bonds is 6. The molecule has 0 aromatic heterocycles. The molecule has 16 heavy (non-hydrogen) atoms. The average molecular weight is 239 g/mol. The summed E-state index contributed by atoms with van der Waals surface area (Å²) in [7, 11) is 3.35. The Labute approximate surface area is 101 Å².